The Morgan fingerprint density at radius 1 is 1.39 bits per heavy atom. The van der Waals surface area contributed by atoms with Gasteiger partial charge in [-0.25, -0.2) is 14.1 Å². The van der Waals surface area contributed by atoms with Gasteiger partial charge in [0.05, 0.1) is 5.60 Å². The van der Waals surface area contributed by atoms with Gasteiger partial charge in [-0.2, -0.15) is 0 Å². The number of aryl methyl sites for hydroxylation is 1. The molecule has 2 aliphatic carbocycles. The van der Waals surface area contributed by atoms with Crippen LogP contribution in [-0.4, -0.2) is 20.3 Å². The summed E-state index contributed by atoms with van der Waals surface area (Å²) in [7, 11) is -3.39. The Balaban J connectivity index is 1.60. The molecule has 2 aromatic heterocycles. The van der Waals surface area contributed by atoms with Crippen molar-refractivity contribution in [2.24, 2.45) is 9.50 Å². The molecule has 28 heavy (non-hydrogen) atoms. The molecule has 4 N–H and O–H groups in total. The van der Waals surface area contributed by atoms with Crippen LogP contribution in [-0.2, 0) is 28.4 Å². The maximum atomic E-state index is 12.8. The highest BCUT2D eigenvalue weighted by Crippen LogP contribution is 2.41. The maximum Gasteiger partial charge on any atom is 0.354 e. The monoisotopic (exact) mass is 420 g/mol. The number of fused-ring (bicyclic) bond motifs is 1. The second-order valence-corrected chi connectivity index (χ2v) is 10.9. The van der Waals surface area contributed by atoms with Crippen molar-refractivity contribution in [3.63, 3.8) is 0 Å². The van der Waals surface area contributed by atoms with Gasteiger partial charge in [-0.3, -0.25) is 4.98 Å². The van der Waals surface area contributed by atoms with Crippen LogP contribution in [0.5, 0.6) is 0 Å². The third-order valence-electron chi connectivity index (χ3n) is 5.10. The summed E-state index contributed by atoms with van der Waals surface area (Å²) in [6.45, 7) is 3.25. The molecule has 4 rings (SSSR count). The Labute approximate surface area is 168 Å². The van der Waals surface area contributed by atoms with Crippen molar-refractivity contribution in [3.8, 4) is 0 Å². The van der Waals surface area contributed by atoms with E-state index in [4.69, 9.17) is 10.1 Å². The zero-order valence-electron chi connectivity index (χ0n) is 15.9. The molecule has 0 bridgehead atoms. The van der Waals surface area contributed by atoms with Gasteiger partial charge in [-0.05, 0) is 74.6 Å². The number of carbonyl (C=O) groups excluding carboxylic acids is 1. The predicted octanol–water partition coefficient (Wildman–Crippen LogP) is 3.67. The number of urea groups is 1. The number of aromatic nitrogens is 1. The van der Waals surface area contributed by atoms with E-state index in [1.807, 2.05) is 6.07 Å². The number of carbonyl (C=O) groups is 1. The van der Waals surface area contributed by atoms with E-state index in [-0.39, 0.29) is 4.21 Å². The zero-order chi connectivity index (χ0) is 20.1. The average molecular weight is 421 g/mol. The van der Waals surface area contributed by atoms with Crippen LogP contribution in [0.25, 0.3) is 0 Å². The van der Waals surface area contributed by atoms with E-state index in [1.165, 1.54) is 0 Å². The molecule has 0 spiro atoms. The first-order valence-electron chi connectivity index (χ1n) is 9.33. The summed E-state index contributed by atoms with van der Waals surface area (Å²) in [6, 6.07) is 2.73. The minimum Gasteiger partial charge on any atom is -0.386 e. The van der Waals surface area contributed by atoms with Crippen molar-refractivity contribution in [1.29, 1.82) is 0 Å². The van der Waals surface area contributed by atoms with Crippen LogP contribution in [0.15, 0.2) is 26.1 Å². The number of aliphatic hydroxyl groups is 1. The van der Waals surface area contributed by atoms with Crippen molar-refractivity contribution in [2.75, 3.05) is 5.32 Å². The van der Waals surface area contributed by atoms with E-state index in [0.29, 0.717) is 17.2 Å². The van der Waals surface area contributed by atoms with Crippen LogP contribution < -0.4 is 10.5 Å². The predicted molar refractivity (Wildman–Crippen MR) is 110 cm³/mol. The average Bonchev–Trinajstić information content (AvgIpc) is 3.10. The molecule has 0 aromatic carbocycles. The first kappa shape index (κ1) is 19.5. The Hall–Kier alpha value is -1.81. The number of amides is 2. The summed E-state index contributed by atoms with van der Waals surface area (Å²) in [6.07, 6.45) is 5.04. The molecule has 2 aromatic rings. The third-order valence-corrected chi connectivity index (χ3v) is 7.95. The number of hydrogen-bond donors (Lipinski definition) is 3. The van der Waals surface area contributed by atoms with Gasteiger partial charge in [0, 0.05) is 23.0 Å². The van der Waals surface area contributed by atoms with Gasteiger partial charge in [-0.1, -0.05) is 0 Å². The normalized spacial score (nSPS) is 18.4. The Kier molecular flexibility index (Phi) is 4.81. The second kappa shape index (κ2) is 6.91. The Bertz CT molecular complexity index is 1060. The molecular formula is C19H24N4O3S2. The summed E-state index contributed by atoms with van der Waals surface area (Å²) in [4.78, 5) is 17.2. The molecule has 7 nitrogen and oxygen atoms in total. The highest BCUT2D eigenvalue weighted by atomic mass is 32.2. The summed E-state index contributed by atoms with van der Waals surface area (Å²) in [5.41, 5.74) is 3.30. The number of anilines is 1. The number of nitrogens with one attached hydrogen (secondary N) is 1. The summed E-state index contributed by atoms with van der Waals surface area (Å²) in [5.74, 6) is 0.476. The van der Waals surface area contributed by atoms with Crippen molar-refractivity contribution in [2.45, 2.75) is 61.7 Å². The number of hydrogen-bond acceptors (Lipinski definition) is 5. The SMILES string of the molecule is CC(C)(O)c1csc([S@](N)(=O)=NC(=O)Nc2cc(C3CC3)nc3c2CCC3)c1. The lowest BCUT2D eigenvalue weighted by atomic mass is 10.0. The fraction of sp³-hybridized carbons (Fsp3) is 0.474. The molecule has 0 aliphatic heterocycles. The fourth-order valence-corrected chi connectivity index (χ4v) is 5.64. The van der Waals surface area contributed by atoms with Gasteiger partial charge >= 0.3 is 6.03 Å². The van der Waals surface area contributed by atoms with Crippen molar-refractivity contribution >= 4 is 33.0 Å². The largest absolute Gasteiger partial charge is 0.386 e. The zero-order valence-corrected chi connectivity index (χ0v) is 17.5. The highest BCUT2D eigenvalue weighted by molar-refractivity contribution is 7.93. The smallest absolute Gasteiger partial charge is 0.354 e. The number of nitrogens with zero attached hydrogens (tertiary/aromatic N) is 2. The quantitative estimate of drug-likeness (QED) is 0.699. The first-order chi connectivity index (χ1) is 13.1. The number of pyridine rings is 1. The molecule has 0 saturated heterocycles. The summed E-state index contributed by atoms with van der Waals surface area (Å²) in [5, 5.41) is 20.4. The van der Waals surface area contributed by atoms with Gasteiger partial charge in [0.1, 0.15) is 4.21 Å². The maximum absolute atomic E-state index is 12.8. The molecule has 0 unspecified atom stereocenters. The van der Waals surface area contributed by atoms with Gasteiger partial charge in [0.2, 0.25) is 0 Å². The highest BCUT2D eigenvalue weighted by Gasteiger charge is 2.28. The van der Waals surface area contributed by atoms with Crippen LogP contribution in [0.1, 0.15) is 61.5 Å². The first-order valence-corrected chi connectivity index (χ1v) is 11.8. The molecule has 1 atom stereocenters. The molecule has 2 heterocycles. The number of rotatable bonds is 4. The molecular weight excluding hydrogens is 396 g/mol. The lowest BCUT2D eigenvalue weighted by molar-refractivity contribution is 0.0789. The Morgan fingerprint density at radius 2 is 2.14 bits per heavy atom. The van der Waals surface area contributed by atoms with Crippen molar-refractivity contribution in [3.05, 3.63) is 40.0 Å². The minimum atomic E-state index is -3.39. The lowest BCUT2D eigenvalue weighted by Gasteiger charge is -2.14. The summed E-state index contributed by atoms with van der Waals surface area (Å²) >= 11 is 1.12. The molecule has 1 fully saturated rings. The van der Waals surface area contributed by atoms with Gasteiger partial charge in [0.15, 0.2) is 9.92 Å². The minimum absolute atomic E-state index is 0.262. The van der Waals surface area contributed by atoms with E-state index in [9.17, 15) is 14.1 Å². The topological polar surface area (TPSA) is 118 Å². The standard InChI is InChI=1S/C19H24N4O3S2/c1-19(2,25)12-8-17(27-10-12)28(20,26)23-18(24)22-16-9-15(11-6-7-11)21-14-5-3-4-13(14)16/h8-11,25H,3-7H2,1-2H3,(H3,20,21,22,23,24,26)/t28-/m1/s1. The number of nitrogens with two attached hydrogens (primary N) is 1. The third kappa shape index (κ3) is 3.98. The van der Waals surface area contributed by atoms with E-state index < -0.39 is 21.5 Å². The molecule has 0 radical (unpaired) electrons. The van der Waals surface area contributed by atoms with Crippen LogP contribution in [0.3, 0.4) is 0 Å². The molecule has 9 heteroatoms. The molecule has 150 valence electrons. The van der Waals surface area contributed by atoms with E-state index >= 15 is 0 Å². The molecule has 2 amide bonds. The van der Waals surface area contributed by atoms with Crippen LogP contribution >= 0.6 is 11.3 Å². The van der Waals surface area contributed by atoms with Crippen molar-refractivity contribution < 1.29 is 14.1 Å². The van der Waals surface area contributed by atoms with Gasteiger partial charge in [-0.15, -0.1) is 15.7 Å². The van der Waals surface area contributed by atoms with E-state index in [1.54, 1.807) is 25.3 Å². The van der Waals surface area contributed by atoms with E-state index in [0.717, 1.165) is 60.4 Å². The Morgan fingerprint density at radius 3 is 2.79 bits per heavy atom. The lowest BCUT2D eigenvalue weighted by Crippen LogP contribution is -2.18. The summed E-state index contributed by atoms with van der Waals surface area (Å²) < 4.78 is 16.8. The molecule has 2 aliphatic rings. The molecule has 1 saturated carbocycles. The fourth-order valence-electron chi connectivity index (χ4n) is 3.36. The van der Waals surface area contributed by atoms with Crippen LogP contribution in [0.4, 0.5) is 10.5 Å². The second-order valence-electron chi connectivity index (χ2n) is 7.95. The van der Waals surface area contributed by atoms with Gasteiger partial charge in [0.25, 0.3) is 0 Å². The van der Waals surface area contributed by atoms with E-state index in [2.05, 4.69) is 9.68 Å². The van der Waals surface area contributed by atoms with Crippen molar-refractivity contribution in [1.82, 2.24) is 4.98 Å². The van der Waals surface area contributed by atoms with Gasteiger partial charge < -0.3 is 10.4 Å². The van der Waals surface area contributed by atoms with Crippen LogP contribution in [0, 0.1) is 0 Å². The van der Waals surface area contributed by atoms with Crippen LogP contribution in [0.2, 0.25) is 0 Å². The number of thiophene rings is 1.